The number of fused-ring (bicyclic) bond motifs is 1. The van der Waals surface area contributed by atoms with Crippen LogP contribution in [0.25, 0.3) is 10.9 Å². The lowest BCUT2D eigenvalue weighted by atomic mass is 10.0. The fourth-order valence-electron chi connectivity index (χ4n) is 3.88. The van der Waals surface area contributed by atoms with Gasteiger partial charge >= 0.3 is 0 Å². The standard InChI is InChI=1S/C21H23N3O2/c25-20(15-7-2-1-3-8-15)13-16-9-6-12-24(16)21(26)14-19-17-10-4-5-11-18(17)22-23-19/h1-5,7-8,10-11,16,20,25H,6,9,12-14H2,(H,22,23)/t16-,20+/m1/s1. The summed E-state index contributed by atoms with van der Waals surface area (Å²) in [6, 6.07) is 17.6. The maximum atomic E-state index is 12.9. The summed E-state index contributed by atoms with van der Waals surface area (Å²) in [5, 5.41) is 18.8. The van der Waals surface area contributed by atoms with Gasteiger partial charge in [-0.1, -0.05) is 48.5 Å². The Morgan fingerprint density at radius 1 is 1.19 bits per heavy atom. The molecule has 2 aromatic carbocycles. The number of carbonyl (C=O) groups excluding carboxylic acids is 1. The third kappa shape index (κ3) is 3.35. The number of benzene rings is 2. The first-order chi connectivity index (χ1) is 12.7. The van der Waals surface area contributed by atoms with Crippen LogP contribution in [0.15, 0.2) is 54.6 Å². The summed E-state index contributed by atoms with van der Waals surface area (Å²) < 4.78 is 0. The molecular weight excluding hydrogens is 326 g/mol. The van der Waals surface area contributed by atoms with Gasteiger partial charge in [0, 0.05) is 18.0 Å². The highest BCUT2D eigenvalue weighted by Crippen LogP contribution is 2.28. The first kappa shape index (κ1) is 16.8. The molecule has 0 radical (unpaired) electrons. The minimum atomic E-state index is -0.539. The van der Waals surface area contributed by atoms with E-state index in [1.165, 1.54) is 0 Å². The molecule has 1 fully saturated rings. The fourth-order valence-corrected chi connectivity index (χ4v) is 3.88. The molecule has 2 heterocycles. The average Bonchev–Trinajstić information content (AvgIpc) is 3.30. The number of aromatic amines is 1. The molecule has 1 amide bonds. The van der Waals surface area contributed by atoms with Crippen LogP contribution in [0.3, 0.4) is 0 Å². The van der Waals surface area contributed by atoms with Gasteiger partial charge in [0.15, 0.2) is 0 Å². The summed E-state index contributed by atoms with van der Waals surface area (Å²) in [4.78, 5) is 14.8. The van der Waals surface area contributed by atoms with Crippen molar-refractivity contribution in [1.82, 2.24) is 15.1 Å². The Balaban J connectivity index is 1.45. The Hall–Kier alpha value is -2.66. The monoisotopic (exact) mass is 349 g/mol. The Morgan fingerprint density at radius 3 is 2.81 bits per heavy atom. The van der Waals surface area contributed by atoms with Crippen molar-refractivity contribution in [3.63, 3.8) is 0 Å². The van der Waals surface area contributed by atoms with Crippen molar-refractivity contribution in [3.05, 3.63) is 65.9 Å². The van der Waals surface area contributed by atoms with E-state index in [-0.39, 0.29) is 11.9 Å². The third-order valence-corrected chi connectivity index (χ3v) is 5.25. The number of aromatic nitrogens is 2. The predicted octanol–water partition coefficient (Wildman–Crippen LogP) is 3.22. The van der Waals surface area contributed by atoms with E-state index in [4.69, 9.17) is 0 Å². The molecule has 5 nitrogen and oxygen atoms in total. The van der Waals surface area contributed by atoms with E-state index in [9.17, 15) is 9.90 Å². The number of nitrogens with zero attached hydrogens (tertiary/aromatic N) is 2. The van der Waals surface area contributed by atoms with Crippen molar-refractivity contribution < 1.29 is 9.90 Å². The molecule has 4 rings (SSSR count). The number of nitrogens with one attached hydrogen (secondary N) is 1. The van der Waals surface area contributed by atoms with E-state index in [1.807, 2.05) is 59.5 Å². The second-order valence-corrected chi connectivity index (χ2v) is 6.94. The van der Waals surface area contributed by atoms with Crippen molar-refractivity contribution in [1.29, 1.82) is 0 Å². The van der Waals surface area contributed by atoms with Crippen molar-refractivity contribution in [2.45, 2.75) is 37.8 Å². The van der Waals surface area contributed by atoms with Crippen molar-refractivity contribution in [2.75, 3.05) is 6.54 Å². The number of aliphatic hydroxyl groups is 1. The summed E-state index contributed by atoms with van der Waals surface area (Å²) in [5.41, 5.74) is 2.65. The second kappa shape index (κ2) is 7.30. The number of para-hydroxylation sites is 1. The molecule has 2 atom stereocenters. The number of likely N-dealkylation sites (tertiary alicyclic amines) is 1. The summed E-state index contributed by atoms with van der Waals surface area (Å²) in [5.74, 6) is 0.0992. The van der Waals surface area contributed by atoms with E-state index >= 15 is 0 Å². The Morgan fingerprint density at radius 2 is 1.96 bits per heavy atom. The summed E-state index contributed by atoms with van der Waals surface area (Å²) in [6.45, 7) is 0.761. The summed E-state index contributed by atoms with van der Waals surface area (Å²) in [7, 11) is 0. The van der Waals surface area contributed by atoms with Crippen LogP contribution < -0.4 is 0 Å². The normalized spacial score (nSPS) is 18.3. The minimum absolute atomic E-state index is 0.0897. The smallest absolute Gasteiger partial charge is 0.228 e. The van der Waals surface area contributed by atoms with Gasteiger partial charge in [-0.25, -0.2) is 0 Å². The predicted molar refractivity (Wildman–Crippen MR) is 101 cm³/mol. The molecule has 1 saturated heterocycles. The van der Waals surface area contributed by atoms with E-state index in [0.717, 1.165) is 41.5 Å². The topological polar surface area (TPSA) is 69.2 Å². The SMILES string of the molecule is O=C(Cc1[nH]nc2ccccc12)N1CCC[C@@H]1C[C@H](O)c1ccccc1. The highest BCUT2D eigenvalue weighted by atomic mass is 16.3. The minimum Gasteiger partial charge on any atom is -0.388 e. The molecule has 0 unspecified atom stereocenters. The number of aliphatic hydroxyl groups excluding tert-OH is 1. The van der Waals surface area contributed by atoms with Crippen molar-refractivity contribution in [3.8, 4) is 0 Å². The lowest BCUT2D eigenvalue weighted by molar-refractivity contribution is -0.131. The van der Waals surface area contributed by atoms with Gasteiger partial charge in [0.1, 0.15) is 0 Å². The Kier molecular flexibility index (Phi) is 4.71. The zero-order chi connectivity index (χ0) is 17.9. The van der Waals surface area contributed by atoms with Crippen LogP contribution in [0.1, 0.15) is 36.6 Å². The number of H-pyrrole nitrogens is 1. The number of carbonyl (C=O) groups is 1. The number of hydrogen-bond acceptors (Lipinski definition) is 3. The fraction of sp³-hybridized carbons (Fsp3) is 0.333. The van der Waals surface area contributed by atoms with E-state index in [0.29, 0.717) is 12.8 Å². The molecule has 0 spiro atoms. The molecule has 3 aromatic rings. The molecule has 0 bridgehead atoms. The molecule has 5 heteroatoms. The zero-order valence-corrected chi connectivity index (χ0v) is 14.6. The highest BCUT2D eigenvalue weighted by Gasteiger charge is 2.31. The molecule has 134 valence electrons. The maximum absolute atomic E-state index is 12.9. The van der Waals surface area contributed by atoms with E-state index in [1.54, 1.807) is 0 Å². The summed E-state index contributed by atoms with van der Waals surface area (Å²) in [6.07, 6.45) is 2.29. The first-order valence-electron chi connectivity index (χ1n) is 9.17. The van der Waals surface area contributed by atoms with E-state index < -0.39 is 6.10 Å². The molecule has 1 aliphatic heterocycles. The van der Waals surface area contributed by atoms with Crippen molar-refractivity contribution in [2.24, 2.45) is 0 Å². The Labute approximate surface area is 152 Å². The van der Waals surface area contributed by atoms with E-state index in [2.05, 4.69) is 10.2 Å². The van der Waals surface area contributed by atoms with Gasteiger partial charge in [0.05, 0.1) is 23.7 Å². The molecule has 1 aliphatic rings. The highest BCUT2D eigenvalue weighted by molar-refractivity contribution is 5.87. The molecule has 0 aliphatic carbocycles. The molecular formula is C21H23N3O2. The molecule has 2 N–H and O–H groups in total. The molecule has 0 saturated carbocycles. The van der Waals surface area contributed by atoms with Crippen molar-refractivity contribution >= 4 is 16.8 Å². The zero-order valence-electron chi connectivity index (χ0n) is 14.6. The largest absolute Gasteiger partial charge is 0.388 e. The second-order valence-electron chi connectivity index (χ2n) is 6.94. The third-order valence-electron chi connectivity index (χ3n) is 5.25. The van der Waals surface area contributed by atoms with Crippen LogP contribution in [0.4, 0.5) is 0 Å². The number of amides is 1. The van der Waals surface area contributed by atoms with Gasteiger partial charge in [-0.15, -0.1) is 0 Å². The average molecular weight is 349 g/mol. The first-order valence-corrected chi connectivity index (χ1v) is 9.17. The van der Waals surface area contributed by atoms with Gasteiger partial charge < -0.3 is 10.0 Å². The lowest BCUT2D eigenvalue weighted by Gasteiger charge is -2.26. The van der Waals surface area contributed by atoms with Gasteiger partial charge in [-0.05, 0) is 30.9 Å². The van der Waals surface area contributed by atoms with Gasteiger partial charge in [-0.3, -0.25) is 9.89 Å². The molecule has 26 heavy (non-hydrogen) atoms. The number of rotatable bonds is 5. The van der Waals surface area contributed by atoms with Crippen LogP contribution in [-0.2, 0) is 11.2 Å². The van der Waals surface area contributed by atoms with Crippen LogP contribution in [0.2, 0.25) is 0 Å². The van der Waals surface area contributed by atoms with Crippen LogP contribution in [0, 0.1) is 0 Å². The maximum Gasteiger partial charge on any atom is 0.228 e. The van der Waals surface area contributed by atoms with Crippen LogP contribution >= 0.6 is 0 Å². The quantitative estimate of drug-likeness (QED) is 0.743. The van der Waals surface area contributed by atoms with Gasteiger partial charge in [0.25, 0.3) is 0 Å². The lowest BCUT2D eigenvalue weighted by Crippen LogP contribution is -2.37. The van der Waals surface area contributed by atoms with Gasteiger partial charge in [-0.2, -0.15) is 5.10 Å². The van der Waals surface area contributed by atoms with Gasteiger partial charge in [0.2, 0.25) is 5.91 Å². The van der Waals surface area contributed by atoms with Crippen LogP contribution in [-0.4, -0.2) is 38.7 Å². The Bertz CT molecular complexity index is 890. The number of hydrogen-bond donors (Lipinski definition) is 2. The summed E-state index contributed by atoms with van der Waals surface area (Å²) >= 11 is 0. The van der Waals surface area contributed by atoms with Crippen LogP contribution in [0.5, 0.6) is 0 Å². The molecule has 1 aromatic heterocycles.